The number of nitrogens with zero attached hydrogens (tertiary/aromatic N) is 1. The van der Waals surface area contributed by atoms with Gasteiger partial charge in [0.05, 0.1) is 0 Å². The summed E-state index contributed by atoms with van der Waals surface area (Å²) >= 11 is 0. The van der Waals surface area contributed by atoms with Crippen LogP contribution < -0.4 is 0 Å². The third-order valence-corrected chi connectivity index (χ3v) is 2.73. The molecule has 1 heteroatoms. The van der Waals surface area contributed by atoms with Crippen LogP contribution in [0.3, 0.4) is 0 Å². The summed E-state index contributed by atoms with van der Waals surface area (Å²) in [6.07, 6.45) is 6.03. The summed E-state index contributed by atoms with van der Waals surface area (Å²) in [5.41, 5.74) is 4.44. The first-order valence-corrected chi connectivity index (χ1v) is 4.53. The van der Waals surface area contributed by atoms with Crippen molar-refractivity contribution in [2.75, 3.05) is 0 Å². The quantitative estimate of drug-likeness (QED) is 0.553. The van der Waals surface area contributed by atoms with Gasteiger partial charge in [0, 0.05) is 17.4 Å². The highest BCUT2D eigenvalue weighted by Crippen LogP contribution is 2.25. The molecule has 0 bridgehead atoms. The Morgan fingerprint density at radius 2 is 2.17 bits per heavy atom. The second kappa shape index (κ2) is 2.13. The Morgan fingerprint density at radius 3 is 3.17 bits per heavy atom. The summed E-state index contributed by atoms with van der Waals surface area (Å²) in [5, 5.41) is 0. The predicted molar refractivity (Wildman–Crippen MR) is 49.4 cm³/mol. The Hall–Kier alpha value is -1.24. The number of fused-ring (bicyclic) bond motifs is 3. The van der Waals surface area contributed by atoms with Crippen molar-refractivity contribution in [3.63, 3.8) is 0 Å². The molecule has 0 saturated heterocycles. The van der Waals surface area contributed by atoms with Gasteiger partial charge in [-0.25, -0.2) is 0 Å². The molecule has 1 aliphatic carbocycles. The molecule has 0 aromatic carbocycles. The molecular weight excluding hydrogens is 146 g/mol. The highest BCUT2D eigenvalue weighted by Gasteiger charge is 2.14. The van der Waals surface area contributed by atoms with E-state index in [1.54, 1.807) is 5.56 Å². The van der Waals surface area contributed by atoms with Crippen molar-refractivity contribution in [2.24, 2.45) is 0 Å². The molecule has 0 amide bonds. The molecule has 0 fully saturated rings. The van der Waals surface area contributed by atoms with E-state index in [1.807, 2.05) is 0 Å². The van der Waals surface area contributed by atoms with Crippen molar-refractivity contribution in [2.45, 2.75) is 19.3 Å². The van der Waals surface area contributed by atoms with Gasteiger partial charge in [-0.3, -0.25) is 0 Å². The van der Waals surface area contributed by atoms with E-state index >= 15 is 0 Å². The lowest BCUT2D eigenvalue weighted by molar-refractivity contribution is 0.881. The molecule has 1 nitrogen and oxygen atoms in total. The number of rotatable bonds is 0. The number of aryl methyl sites for hydroxylation is 2. The third kappa shape index (κ3) is 0.685. The fourth-order valence-corrected chi connectivity index (χ4v) is 2.18. The lowest BCUT2D eigenvalue weighted by Crippen LogP contribution is -1.87. The number of hydrogen-bond donors (Lipinski definition) is 0. The van der Waals surface area contributed by atoms with E-state index in [0.29, 0.717) is 0 Å². The summed E-state index contributed by atoms with van der Waals surface area (Å²) in [5.74, 6) is 0. The van der Waals surface area contributed by atoms with E-state index in [4.69, 9.17) is 0 Å². The smallest absolute Gasteiger partial charge is 0.0455 e. The molecule has 2 aromatic rings. The van der Waals surface area contributed by atoms with Gasteiger partial charge < -0.3 is 4.40 Å². The van der Waals surface area contributed by atoms with Crippen molar-refractivity contribution in [1.29, 1.82) is 0 Å². The maximum absolute atomic E-state index is 2.32. The van der Waals surface area contributed by atoms with Crippen LogP contribution in [0.2, 0.25) is 0 Å². The zero-order chi connectivity index (χ0) is 7.97. The second-order valence-corrected chi connectivity index (χ2v) is 3.47. The SMILES string of the molecule is c1ccn2c3c(cc2c1)CCC3. The average Bonchev–Trinajstić information content (AvgIpc) is 2.62. The molecule has 60 valence electrons. The van der Waals surface area contributed by atoms with Crippen LogP contribution in [0.4, 0.5) is 0 Å². The van der Waals surface area contributed by atoms with E-state index in [0.717, 1.165) is 0 Å². The van der Waals surface area contributed by atoms with Crippen molar-refractivity contribution < 1.29 is 0 Å². The number of hydrogen-bond acceptors (Lipinski definition) is 0. The Balaban J connectivity index is 2.44. The van der Waals surface area contributed by atoms with E-state index in [9.17, 15) is 0 Å². The van der Waals surface area contributed by atoms with Crippen LogP contribution in [0.25, 0.3) is 5.52 Å². The molecule has 0 N–H and O–H groups in total. The minimum atomic E-state index is 1.26. The lowest BCUT2D eigenvalue weighted by Gasteiger charge is -1.97. The minimum absolute atomic E-state index is 1.26. The normalized spacial score (nSPS) is 15.3. The number of aromatic nitrogens is 1. The molecule has 0 aliphatic heterocycles. The van der Waals surface area contributed by atoms with E-state index in [2.05, 4.69) is 34.9 Å². The van der Waals surface area contributed by atoms with Gasteiger partial charge in [-0.15, -0.1) is 0 Å². The Kier molecular flexibility index (Phi) is 1.12. The topological polar surface area (TPSA) is 4.41 Å². The van der Waals surface area contributed by atoms with Gasteiger partial charge in [0.1, 0.15) is 0 Å². The fraction of sp³-hybridized carbons (Fsp3) is 0.273. The summed E-state index contributed by atoms with van der Waals surface area (Å²) in [7, 11) is 0. The molecule has 0 radical (unpaired) electrons. The van der Waals surface area contributed by atoms with Gasteiger partial charge in [-0.2, -0.15) is 0 Å². The van der Waals surface area contributed by atoms with Crippen LogP contribution in [-0.4, -0.2) is 4.40 Å². The summed E-state index contributed by atoms with van der Waals surface area (Å²) < 4.78 is 2.32. The molecular formula is C11H11N. The monoisotopic (exact) mass is 157 g/mol. The molecule has 2 aromatic heterocycles. The molecule has 0 saturated carbocycles. The van der Waals surface area contributed by atoms with Gasteiger partial charge in [0.15, 0.2) is 0 Å². The first kappa shape index (κ1) is 6.30. The predicted octanol–water partition coefficient (Wildman–Crippen LogP) is 2.43. The summed E-state index contributed by atoms with van der Waals surface area (Å²) in [6.45, 7) is 0. The van der Waals surface area contributed by atoms with E-state index < -0.39 is 0 Å². The Bertz CT molecular complexity index is 425. The summed E-state index contributed by atoms with van der Waals surface area (Å²) in [4.78, 5) is 0. The zero-order valence-corrected chi connectivity index (χ0v) is 6.96. The van der Waals surface area contributed by atoms with Crippen LogP contribution in [0, 0.1) is 0 Å². The first-order valence-electron chi connectivity index (χ1n) is 4.53. The van der Waals surface area contributed by atoms with Gasteiger partial charge in [0.25, 0.3) is 0 Å². The van der Waals surface area contributed by atoms with Gasteiger partial charge >= 0.3 is 0 Å². The minimum Gasteiger partial charge on any atom is -0.321 e. The van der Waals surface area contributed by atoms with Crippen LogP contribution in [0.1, 0.15) is 17.7 Å². The van der Waals surface area contributed by atoms with Crippen molar-refractivity contribution in [1.82, 2.24) is 4.40 Å². The maximum Gasteiger partial charge on any atom is 0.0455 e. The average molecular weight is 157 g/mol. The van der Waals surface area contributed by atoms with Gasteiger partial charge in [0.2, 0.25) is 0 Å². The van der Waals surface area contributed by atoms with Gasteiger partial charge in [-0.05, 0) is 43.0 Å². The molecule has 0 unspecified atom stereocenters. The third-order valence-electron chi connectivity index (χ3n) is 2.73. The van der Waals surface area contributed by atoms with E-state index in [-0.39, 0.29) is 0 Å². The van der Waals surface area contributed by atoms with Crippen LogP contribution in [0.15, 0.2) is 30.5 Å². The van der Waals surface area contributed by atoms with Crippen molar-refractivity contribution in [3.05, 3.63) is 41.7 Å². The Morgan fingerprint density at radius 1 is 1.17 bits per heavy atom. The zero-order valence-electron chi connectivity index (χ0n) is 6.96. The second-order valence-electron chi connectivity index (χ2n) is 3.47. The van der Waals surface area contributed by atoms with E-state index in [1.165, 1.54) is 30.5 Å². The van der Waals surface area contributed by atoms with Gasteiger partial charge in [-0.1, -0.05) is 6.07 Å². The van der Waals surface area contributed by atoms with Crippen molar-refractivity contribution in [3.8, 4) is 0 Å². The molecule has 1 aliphatic rings. The molecule has 0 atom stereocenters. The lowest BCUT2D eigenvalue weighted by atomic mass is 10.2. The molecule has 12 heavy (non-hydrogen) atoms. The molecule has 3 rings (SSSR count). The molecule has 0 spiro atoms. The van der Waals surface area contributed by atoms with Crippen LogP contribution >= 0.6 is 0 Å². The maximum atomic E-state index is 2.32. The summed E-state index contributed by atoms with van der Waals surface area (Å²) in [6, 6.07) is 8.71. The highest BCUT2D eigenvalue weighted by atomic mass is 14.9. The van der Waals surface area contributed by atoms with Crippen LogP contribution in [-0.2, 0) is 12.8 Å². The molecule has 2 heterocycles. The fourth-order valence-electron chi connectivity index (χ4n) is 2.18. The highest BCUT2D eigenvalue weighted by molar-refractivity contribution is 5.54. The standard InChI is InChI=1S/C11H11N/c1-2-7-12-10(5-1)8-9-4-3-6-11(9)12/h1-2,5,7-8H,3-4,6H2. The van der Waals surface area contributed by atoms with Crippen molar-refractivity contribution >= 4 is 5.52 Å². The van der Waals surface area contributed by atoms with Crippen LogP contribution in [0.5, 0.6) is 0 Å². The largest absolute Gasteiger partial charge is 0.321 e. The first-order chi connectivity index (χ1) is 5.95. The number of pyridine rings is 1. The Labute approximate surface area is 71.6 Å².